The molecule has 0 spiro atoms. The van der Waals surface area contributed by atoms with Crippen LogP contribution >= 0.6 is 0 Å². The molecule has 1 aromatic carbocycles. The van der Waals surface area contributed by atoms with Gasteiger partial charge in [-0.3, -0.25) is 0 Å². The Labute approximate surface area is 102 Å². The SMILES string of the molecule is C=CCC(NC)c1ccnn1-c1ccccc1. The Balaban J connectivity index is 2.37. The summed E-state index contributed by atoms with van der Waals surface area (Å²) in [6.07, 6.45) is 4.63. The van der Waals surface area contributed by atoms with E-state index in [0.717, 1.165) is 17.8 Å². The molecule has 1 unspecified atom stereocenters. The van der Waals surface area contributed by atoms with Crippen LogP contribution in [0, 0.1) is 0 Å². The first-order valence-corrected chi connectivity index (χ1v) is 5.74. The molecule has 0 radical (unpaired) electrons. The third-order valence-electron chi connectivity index (χ3n) is 2.78. The first kappa shape index (κ1) is 11.6. The van der Waals surface area contributed by atoms with Crippen molar-refractivity contribution in [3.8, 4) is 5.69 Å². The Morgan fingerprint density at radius 3 is 2.76 bits per heavy atom. The van der Waals surface area contributed by atoms with Crippen LogP contribution in [0.15, 0.2) is 55.3 Å². The second kappa shape index (κ2) is 5.46. The van der Waals surface area contributed by atoms with Crippen LogP contribution in [-0.2, 0) is 0 Å². The van der Waals surface area contributed by atoms with E-state index in [1.807, 2.05) is 48.3 Å². The second-order valence-electron chi connectivity index (χ2n) is 3.87. The smallest absolute Gasteiger partial charge is 0.0649 e. The lowest BCUT2D eigenvalue weighted by molar-refractivity contribution is 0.565. The van der Waals surface area contributed by atoms with Crippen LogP contribution in [0.1, 0.15) is 18.2 Å². The lowest BCUT2D eigenvalue weighted by atomic mass is 10.1. The van der Waals surface area contributed by atoms with Crippen molar-refractivity contribution in [2.24, 2.45) is 0 Å². The van der Waals surface area contributed by atoms with Crippen molar-refractivity contribution < 1.29 is 0 Å². The molecule has 0 aliphatic rings. The van der Waals surface area contributed by atoms with E-state index in [2.05, 4.69) is 29.1 Å². The maximum atomic E-state index is 4.38. The standard InChI is InChI=1S/C14H17N3/c1-3-7-13(15-2)14-10-11-16-17(14)12-8-5-4-6-9-12/h3-6,8-11,13,15H,1,7H2,2H3. The third-order valence-corrected chi connectivity index (χ3v) is 2.78. The topological polar surface area (TPSA) is 29.9 Å². The number of hydrogen-bond donors (Lipinski definition) is 1. The minimum Gasteiger partial charge on any atom is -0.311 e. The lowest BCUT2D eigenvalue weighted by Gasteiger charge is -2.16. The highest BCUT2D eigenvalue weighted by molar-refractivity contribution is 5.33. The Morgan fingerprint density at radius 1 is 1.35 bits per heavy atom. The average Bonchev–Trinajstić information content (AvgIpc) is 2.86. The molecule has 0 aliphatic heterocycles. The monoisotopic (exact) mass is 227 g/mol. The van der Waals surface area contributed by atoms with Gasteiger partial charge in [-0.05, 0) is 31.7 Å². The van der Waals surface area contributed by atoms with Gasteiger partial charge < -0.3 is 5.32 Å². The fourth-order valence-electron chi connectivity index (χ4n) is 1.92. The van der Waals surface area contributed by atoms with Crippen molar-refractivity contribution >= 4 is 0 Å². The second-order valence-corrected chi connectivity index (χ2v) is 3.87. The molecule has 0 aliphatic carbocycles. The van der Waals surface area contributed by atoms with Crippen molar-refractivity contribution in [1.29, 1.82) is 0 Å². The molecule has 1 atom stereocenters. The van der Waals surface area contributed by atoms with E-state index in [4.69, 9.17) is 0 Å². The van der Waals surface area contributed by atoms with Crippen molar-refractivity contribution in [2.45, 2.75) is 12.5 Å². The maximum absolute atomic E-state index is 4.38. The largest absolute Gasteiger partial charge is 0.311 e. The van der Waals surface area contributed by atoms with Gasteiger partial charge in [0.05, 0.1) is 17.4 Å². The predicted molar refractivity (Wildman–Crippen MR) is 70.2 cm³/mol. The fourth-order valence-corrected chi connectivity index (χ4v) is 1.92. The van der Waals surface area contributed by atoms with Crippen molar-refractivity contribution in [1.82, 2.24) is 15.1 Å². The molecule has 0 saturated heterocycles. The van der Waals surface area contributed by atoms with Crippen LogP contribution < -0.4 is 5.32 Å². The van der Waals surface area contributed by atoms with Gasteiger partial charge in [0, 0.05) is 6.20 Å². The van der Waals surface area contributed by atoms with Crippen molar-refractivity contribution in [3.05, 3.63) is 60.9 Å². The van der Waals surface area contributed by atoms with Gasteiger partial charge in [0.25, 0.3) is 0 Å². The van der Waals surface area contributed by atoms with Gasteiger partial charge in [0.15, 0.2) is 0 Å². The summed E-state index contributed by atoms with van der Waals surface area (Å²) in [7, 11) is 1.95. The highest BCUT2D eigenvalue weighted by atomic mass is 15.3. The van der Waals surface area contributed by atoms with Crippen LogP contribution in [0.25, 0.3) is 5.69 Å². The van der Waals surface area contributed by atoms with Gasteiger partial charge in [-0.25, -0.2) is 4.68 Å². The summed E-state index contributed by atoms with van der Waals surface area (Å²) in [6, 6.07) is 12.4. The summed E-state index contributed by atoms with van der Waals surface area (Å²) in [4.78, 5) is 0. The summed E-state index contributed by atoms with van der Waals surface area (Å²) >= 11 is 0. The molecule has 1 N–H and O–H groups in total. The number of para-hydroxylation sites is 1. The molecule has 0 amide bonds. The number of nitrogens with zero attached hydrogens (tertiary/aromatic N) is 2. The van der Waals surface area contributed by atoms with Crippen LogP contribution in [0.2, 0.25) is 0 Å². The van der Waals surface area contributed by atoms with Gasteiger partial charge in [-0.2, -0.15) is 5.10 Å². The van der Waals surface area contributed by atoms with Gasteiger partial charge in [-0.15, -0.1) is 6.58 Å². The molecule has 1 aromatic heterocycles. The third kappa shape index (κ3) is 2.45. The van der Waals surface area contributed by atoms with E-state index in [1.54, 1.807) is 0 Å². The quantitative estimate of drug-likeness (QED) is 0.796. The van der Waals surface area contributed by atoms with Crippen LogP contribution in [-0.4, -0.2) is 16.8 Å². The van der Waals surface area contributed by atoms with Crippen molar-refractivity contribution in [2.75, 3.05) is 7.05 Å². The number of benzene rings is 1. The number of nitrogens with one attached hydrogen (secondary N) is 1. The van der Waals surface area contributed by atoms with E-state index in [1.165, 1.54) is 0 Å². The van der Waals surface area contributed by atoms with E-state index in [9.17, 15) is 0 Å². The van der Waals surface area contributed by atoms with Gasteiger partial charge in [-0.1, -0.05) is 24.3 Å². The first-order valence-electron chi connectivity index (χ1n) is 5.74. The number of aromatic nitrogens is 2. The Kier molecular flexibility index (Phi) is 3.73. The summed E-state index contributed by atoms with van der Waals surface area (Å²) in [6.45, 7) is 3.79. The normalized spacial score (nSPS) is 12.3. The summed E-state index contributed by atoms with van der Waals surface area (Å²) < 4.78 is 1.96. The van der Waals surface area contributed by atoms with E-state index in [0.29, 0.717) is 0 Å². The predicted octanol–water partition coefficient (Wildman–Crippen LogP) is 2.71. The average molecular weight is 227 g/mol. The molecule has 0 saturated carbocycles. The minimum absolute atomic E-state index is 0.246. The molecule has 2 rings (SSSR count). The molecule has 3 heteroatoms. The number of rotatable bonds is 5. The molecular formula is C14H17N3. The van der Waals surface area contributed by atoms with Crippen LogP contribution in [0.5, 0.6) is 0 Å². The fraction of sp³-hybridized carbons (Fsp3) is 0.214. The molecule has 1 heterocycles. The highest BCUT2D eigenvalue weighted by Crippen LogP contribution is 2.19. The lowest BCUT2D eigenvalue weighted by Crippen LogP contribution is -2.19. The summed E-state index contributed by atoms with van der Waals surface area (Å²) in [5.41, 5.74) is 2.23. The molecule has 0 fully saturated rings. The zero-order valence-corrected chi connectivity index (χ0v) is 10.0. The molecule has 2 aromatic rings. The Bertz CT molecular complexity index is 473. The zero-order valence-electron chi connectivity index (χ0n) is 10.0. The van der Waals surface area contributed by atoms with Gasteiger partial charge in [0.2, 0.25) is 0 Å². The Hall–Kier alpha value is -1.87. The number of hydrogen-bond acceptors (Lipinski definition) is 2. The summed E-state index contributed by atoms with van der Waals surface area (Å²) in [5, 5.41) is 7.66. The van der Waals surface area contributed by atoms with Crippen LogP contribution in [0.4, 0.5) is 0 Å². The molecule has 0 bridgehead atoms. The molecule has 17 heavy (non-hydrogen) atoms. The van der Waals surface area contributed by atoms with Gasteiger partial charge in [0.1, 0.15) is 0 Å². The van der Waals surface area contributed by atoms with E-state index < -0.39 is 0 Å². The van der Waals surface area contributed by atoms with Crippen molar-refractivity contribution in [3.63, 3.8) is 0 Å². The maximum Gasteiger partial charge on any atom is 0.0649 e. The van der Waals surface area contributed by atoms with E-state index in [-0.39, 0.29) is 6.04 Å². The zero-order chi connectivity index (χ0) is 12.1. The first-order chi connectivity index (χ1) is 8.36. The van der Waals surface area contributed by atoms with Crippen LogP contribution in [0.3, 0.4) is 0 Å². The van der Waals surface area contributed by atoms with Gasteiger partial charge >= 0.3 is 0 Å². The summed E-state index contributed by atoms with van der Waals surface area (Å²) in [5.74, 6) is 0. The molecule has 3 nitrogen and oxygen atoms in total. The Morgan fingerprint density at radius 2 is 2.12 bits per heavy atom. The molecular weight excluding hydrogens is 210 g/mol. The molecule has 88 valence electrons. The minimum atomic E-state index is 0.246. The van der Waals surface area contributed by atoms with E-state index >= 15 is 0 Å². The highest BCUT2D eigenvalue weighted by Gasteiger charge is 2.13.